The predicted octanol–water partition coefficient (Wildman–Crippen LogP) is 26.7. The first-order valence-corrected chi connectivity index (χ1v) is 48.2. The summed E-state index contributed by atoms with van der Waals surface area (Å²) in [6, 6.07) is 193. The fourth-order valence-electron chi connectivity index (χ4n) is 18.7. The molecule has 0 atom stereocenters. The van der Waals surface area contributed by atoms with Crippen LogP contribution in [0.2, 0.25) is 0 Å². The third kappa shape index (κ3) is 16.1. The van der Waals surface area contributed by atoms with Crippen LogP contribution in [0.15, 0.2) is 538 Å². The molecule has 2 aromatic heterocycles. The maximum Gasteiger partial charge on any atom is 0.179 e. The van der Waals surface area contributed by atoms with Gasteiger partial charge < -0.3 is 19.4 Å². The highest BCUT2D eigenvalue weighted by atomic mass is 79.9. The molecule has 0 aliphatic heterocycles. The number of rotatable bonds is 19. The first-order valence-electron chi connectivity index (χ1n) is 43.4. The van der Waals surface area contributed by atoms with E-state index in [1.807, 2.05) is 6.07 Å². The second-order valence-corrected chi connectivity index (χ2v) is 40.6. The van der Waals surface area contributed by atoms with Crippen molar-refractivity contribution < 1.29 is 0 Å². The lowest BCUT2D eigenvalue weighted by Gasteiger charge is -2.35. The second kappa shape index (κ2) is 36.5. The SMILES string of the molecule is Brc1ccc([Si](c2ccccc2)(c2ccccc2)c2ccccc2)cc1.c1ccc(-c2ccc(N(c3ccc(-c4ccc5c(c4)c4ccccc4n5-c4ccccc4)cc3)c3ccc([Si](c4ccccc4)(c4ccccc4)c4ccccc4)cc3)cc2)cc1.c1ccc(-c2ccc(Nc3ccc(-c4ccc5c(c4)c4ccccc4n5-c4ccccc4)cc3)cc2)cc1. The number of nitrogens with one attached hydrogen (secondary N) is 1. The first kappa shape index (κ1) is 80.0. The van der Waals surface area contributed by atoms with E-state index in [0.29, 0.717) is 0 Å². The molecule has 0 unspecified atom stereocenters. The predicted molar refractivity (Wildman–Crippen MR) is 549 cm³/mol. The summed E-state index contributed by atoms with van der Waals surface area (Å²) in [6.07, 6.45) is 0. The average Bonchev–Trinajstić information content (AvgIpc) is 1.73. The first-order chi connectivity index (χ1) is 62.9. The average molecular weight is 1720 g/mol. The molecular formula is C120H89BrN4Si2. The Hall–Kier alpha value is -15.5. The van der Waals surface area contributed by atoms with E-state index >= 15 is 0 Å². The summed E-state index contributed by atoms with van der Waals surface area (Å²) >= 11 is 3.60. The number of aromatic nitrogens is 2. The lowest BCUT2D eigenvalue weighted by Crippen LogP contribution is -2.74. The molecule has 127 heavy (non-hydrogen) atoms. The van der Waals surface area contributed by atoms with Crippen molar-refractivity contribution in [3.8, 4) is 55.9 Å². The Morgan fingerprint density at radius 3 is 0.717 bits per heavy atom. The maximum absolute atomic E-state index is 3.60. The van der Waals surface area contributed by atoms with Crippen molar-refractivity contribution in [1.82, 2.24) is 9.13 Å². The van der Waals surface area contributed by atoms with E-state index < -0.39 is 16.1 Å². The minimum absolute atomic E-state index is 1.07. The molecule has 2 heterocycles. The third-order valence-corrected chi connectivity index (χ3v) is 34.8. The molecule has 0 fully saturated rings. The third-order valence-electron chi connectivity index (χ3n) is 24.6. The van der Waals surface area contributed by atoms with Crippen molar-refractivity contribution in [2.24, 2.45) is 0 Å². The van der Waals surface area contributed by atoms with Crippen molar-refractivity contribution in [3.05, 3.63) is 538 Å². The lowest BCUT2D eigenvalue weighted by molar-refractivity contribution is 1.18. The molecule has 7 heteroatoms. The summed E-state index contributed by atoms with van der Waals surface area (Å²) in [5.41, 5.74) is 22.3. The molecule has 0 saturated heterocycles. The molecule has 20 aromatic carbocycles. The van der Waals surface area contributed by atoms with Gasteiger partial charge in [0.1, 0.15) is 0 Å². The number of para-hydroxylation sites is 4. The number of anilines is 5. The van der Waals surface area contributed by atoms with E-state index in [2.05, 4.69) is 563 Å². The van der Waals surface area contributed by atoms with Gasteiger partial charge in [-0.15, -0.1) is 0 Å². The Morgan fingerprint density at radius 2 is 0.402 bits per heavy atom. The molecule has 22 rings (SSSR count). The molecule has 0 spiro atoms. The fraction of sp³-hybridized carbons (Fsp3) is 0. The number of hydrogen-bond donors (Lipinski definition) is 1. The molecule has 1 N–H and O–H groups in total. The van der Waals surface area contributed by atoms with Gasteiger partial charge in [0.15, 0.2) is 16.1 Å². The van der Waals surface area contributed by atoms with Crippen molar-refractivity contribution in [1.29, 1.82) is 0 Å². The zero-order valence-electron chi connectivity index (χ0n) is 70.0. The summed E-state index contributed by atoms with van der Waals surface area (Å²) < 4.78 is 5.83. The zero-order valence-corrected chi connectivity index (χ0v) is 73.6. The zero-order chi connectivity index (χ0) is 85.1. The van der Waals surface area contributed by atoms with E-state index in [1.165, 1.54) is 141 Å². The number of nitrogens with zero attached hydrogens (tertiary/aromatic N) is 3. The van der Waals surface area contributed by atoms with E-state index in [0.717, 1.165) is 32.9 Å². The van der Waals surface area contributed by atoms with Crippen LogP contribution < -0.4 is 51.7 Å². The Balaban J connectivity index is 0.000000134. The van der Waals surface area contributed by atoms with Crippen molar-refractivity contribution in [2.75, 3.05) is 10.2 Å². The quantitative estimate of drug-likeness (QED) is 0.0645. The molecule has 0 aliphatic carbocycles. The van der Waals surface area contributed by atoms with Gasteiger partial charge in [-0.2, -0.15) is 0 Å². The minimum Gasteiger partial charge on any atom is -0.356 e. The van der Waals surface area contributed by atoms with Crippen LogP contribution in [0.25, 0.3) is 99.5 Å². The van der Waals surface area contributed by atoms with Crippen LogP contribution in [0.5, 0.6) is 0 Å². The van der Waals surface area contributed by atoms with Gasteiger partial charge in [0.25, 0.3) is 0 Å². The van der Waals surface area contributed by atoms with Crippen LogP contribution in [-0.4, -0.2) is 25.3 Å². The minimum atomic E-state index is -2.68. The normalized spacial score (nSPS) is 11.3. The summed E-state index contributed by atoms with van der Waals surface area (Å²) in [5.74, 6) is 0. The van der Waals surface area contributed by atoms with Crippen LogP contribution in [0.4, 0.5) is 28.4 Å². The molecule has 604 valence electrons. The van der Waals surface area contributed by atoms with Crippen LogP contribution in [0.1, 0.15) is 0 Å². The standard InChI is InChI=1S/C60H44N2Si.C36H26N2.C24H19BrSi/c1-6-18-45(19-7-1)46-30-35-50(36-31-46)61(52-39-41-56(42-40-52)63(53-22-10-3-11-23-53,54-24-12-4-13-25-54)55-26-14-5-15-27-55)51-37-32-47(33-38-51)48-34-43-60-58(44-48)57-28-16-17-29-59(57)62(60)49-20-8-2-9-21-49;1-3-9-26(10-4-1)27-15-20-30(21-16-27)37-31-22-17-28(18-23-31)29-19-24-36-34(25-29)33-13-7-8-14-35(33)38(36)32-11-5-2-6-12-32;25-20-16-18-24(19-17-20)26(21-10-4-1-5-11-21,22-12-6-2-7-13-22)23-14-8-3-9-15-23/h1-44H;1-25,37H;1-19H. The van der Waals surface area contributed by atoms with Crippen LogP contribution in [0, 0.1) is 0 Å². The van der Waals surface area contributed by atoms with Crippen molar-refractivity contribution in [3.63, 3.8) is 0 Å². The van der Waals surface area contributed by atoms with Crippen LogP contribution in [0.3, 0.4) is 0 Å². The Kier molecular flexibility index (Phi) is 23.0. The largest absolute Gasteiger partial charge is 0.356 e. The van der Waals surface area contributed by atoms with E-state index in [4.69, 9.17) is 0 Å². The number of benzene rings is 20. The molecule has 0 bridgehead atoms. The highest BCUT2D eigenvalue weighted by molar-refractivity contribution is 9.10. The maximum atomic E-state index is 3.60. The van der Waals surface area contributed by atoms with E-state index in [1.54, 1.807) is 0 Å². The molecule has 4 nitrogen and oxygen atoms in total. The number of hydrogen-bond acceptors (Lipinski definition) is 2. The van der Waals surface area contributed by atoms with Gasteiger partial charge in [0, 0.05) is 65.8 Å². The highest BCUT2D eigenvalue weighted by Crippen LogP contribution is 2.41. The van der Waals surface area contributed by atoms with Gasteiger partial charge in [-0.05, 0) is 219 Å². The van der Waals surface area contributed by atoms with Crippen LogP contribution in [-0.2, 0) is 0 Å². The molecule has 0 saturated carbocycles. The van der Waals surface area contributed by atoms with Gasteiger partial charge >= 0.3 is 0 Å². The molecule has 22 aromatic rings. The molecular weight excluding hydrogens is 1630 g/mol. The van der Waals surface area contributed by atoms with Crippen molar-refractivity contribution in [2.45, 2.75) is 0 Å². The van der Waals surface area contributed by atoms with Gasteiger partial charge in [0.2, 0.25) is 0 Å². The summed E-state index contributed by atoms with van der Waals surface area (Å²) in [6.45, 7) is 0. The molecule has 0 amide bonds. The Bertz CT molecular complexity index is 7230. The van der Waals surface area contributed by atoms with Crippen LogP contribution >= 0.6 is 15.9 Å². The van der Waals surface area contributed by atoms with Gasteiger partial charge in [-0.3, -0.25) is 0 Å². The molecule has 0 radical (unpaired) electrons. The topological polar surface area (TPSA) is 25.1 Å². The smallest absolute Gasteiger partial charge is 0.179 e. The van der Waals surface area contributed by atoms with E-state index in [-0.39, 0.29) is 0 Å². The van der Waals surface area contributed by atoms with Gasteiger partial charge in [-0.25, -0.2) is 0 Å². The van der Waals surface area contributed by atoms with Gasteiger partial charge in [-0.1, -0.05) is 416 Å². The number of halogens is 1. The van der Waals surface area contributed by atoms with Gasteiger partial charge in [0.05, 0.1) is 22.1 Å². The summed E-state index contributed by atoms with van der Waals surface area (Å²) in [5, 5.41) is 19.6. The summed E-state index contributed by atoms with van der Waals surface area (Å²) in [7, 11) is -5.02. The monoisotopic (exact) mass is 1720 g/mol. The Labute approximate surface area is 753 Å². The molecule has 0 aliphatic rings. The number of fused-ring (bicyclic) bond motifs is 6. The lowest BCUT2D eigenvalue weighted by atomic mass is 10.0. The Morgan fingerprint density at radius 1 is 0.181 bits per heavy atom. The summed E-state index contributed by atoms with van der Waals surface area (Å²) in [4.78, 5) is 2.38. The second-order valence-electron chi connectivity index (χ2n) is 32.0. The fourth-order valence-corrected chi connectivity index (χ4v) is 28.4. The van der Waals surface area contributed by atoms with E-state index in [9.17, 15) is 0 Å². The van der Waals surface area contributed by atoms with Crippen molar-refractivity contribution >= 4 is 146 Å². The highest BCUT2D eigenvalue weighted by Gasteiger charge is 2.43.